The number of alkyl carbamates (subject to hydrolysis) is 1. The van der Waals surface area contributed by atoms with Crippen LogP contribution in [-0.4, -0.2) is 33.9 Å². The van der Waals surface area contributed by atoms with Crippen LogP contribution in [0.4, 0.5) is 25.1 Å². The lowest BCUT2D eigenvalue weighted by molar-refractivity contribution is 0.0990. The zero-order valence-corrected chi connectivity index (χ0v) is 16.5. The SMILES string of the molecule is O=C1NCCC2CC(C2)c2cc(cc(C(F)F)n2)Nc2cc([nH]n2)[C@H]2CC[C@H](C2)O1. The van der Waals surface area contributed by atoms with Crippen LogP contribution in [0.2, 0.25) is 0 Å². The molecule has 1 amide bonds. The Labute approximate surface area is 173 Å². The summed E-state index contributed by atoms with van der Waals surface area (Å²) in [7, 11) is 0. The van der Waals surface area contributed by atoms with Crippen molar-refractivity contribution < 1.29 is 18.3 Å². The van der Waals surface area contributed by atoms with Gasteiger partial charge in [0, 0.05) is 41.5 Å². The number of aromatic nitrogens is 3. The molecule has 2 aliphatic heterocycles. The Kier molecular flexibility index (Phi) is 5.04. The zero-order valence-electron chi connectivity index (χ0n) is 16.5. The number of halogens is 2. The maximum Gasteiger partial charge on any atom is 0.407 e. The van der Waals surface area contributed by atoms with Crippen LogP contribution in [0.5, 0.6) is 0 Å². The molecule has 0 saturated heterocycles. The van der Waals surface area contributed by atoms with Crippen LogP contribution in [0.3, 0.4) is 0 Å². The van der Waals surface area contributed by atoms with Gasteiger partial charge in [0.25, 0.3) is 6.43 Å². The standard InChI is InChI=1S/C21H25F2N5O2/c22-20(23)18-9-14-8-16(26-18)13-5-11(6-13)3-4-24-21(29)30-15-2-1-12(7-15)17-10-19(25-14)28-27-17/h8-13,15,20H,1-7H2,(H,24,29)(H2,25,27,28)/t11?,12-,13?,15+/m0/s1. The third-order valence-electron chi connectivity index (χ3n) is 6.53. The van der Waals surface area contributed by atoms with Crippen molar-refractivity contribution in [3.05, 3.63) is 35.3 Å². The van der Waals surface area contributed by atoms with Crippen LogP contribution in [0.25, 0.3) is 0 Å². The molecule has 3 N–H and O–H groups in total. The molecule has 2 aromatic heterocycles. The summed E-state index contributed by atoms with van der Waals surface area (Å²) in [5, 5.41) is 13.3. The first kappa shape index (κ1) is 19.3. The van der Waals surface area contributed by atoms with E-state index in [0.717, 1.165) is 44.2 Å². The van der Waals surface area contributed by atoms with E-state index in [1.54, 1.807) is 0 Å². The largest absolute Gasteiger partial charge is 0.446 e. The minimum Gasteiger partial charge on any atom is -0.446 e. The number of carbonyl (C=O) groups excluding carboxylic acids is 1. The fraction of sp³-hybridized carbons (Fsp3) is 0.571. The fourth-order valence-corrected chi connectivity index (χ4v) is 4.84. The maximum absolute atomic E-state index is 13.4. The van der Waals surface area contributed by atoms with Crippen LogP contribution < -0.4 is 10.6 Å². The maximum atomic E-state index is 13.4. The molecule has 4 heterocycles. The molecule has 2 fully saturated rings. The number of alkyl halides is 2. The van der Waals surface area contributed by atoms with Gasteiger partial charge in [-0.1, -0.05) is 0 Å². The second-order valence-electron chi connectivity index (χ2n) is 8.63. The summed E-state index contributed by atoms with van der Waals surface area (Å²) in [5.41, 5.74) is 2.01. The molecule has 2 aliphatic carbocycles. The summed E-state index contributed by atoms with van der Waals surface area (Å²) in [6.45, 7) is 0.563. The van der Waals surface area contributed by atoms with Gasteiger partial charge in [-0.3, -0.25) is 10.1 Å². The molecule has 9 heteroatoms. The number of hydrogen-bond donors (Lipinski definition) is 3. The van der Waals surface area contributed by atoms with Gasteiger partial charge in [-0.2, -0.15) is 5.10 Å². The van der Waals surface area contributed by atoms with Crippen LogP contribution in [0, 0.1) is 5.92 Å². The second kappa shape index (κ2) is 7.85. The number of amides is 1. The highest BCUT2D eigenvalue weighted by Crippen LogP contribution is 2.44. The van der Waals surface area contributed by atoms with E-state index in [0.29, 0.717) is 29.7 Å². The summed E-state index contributed by atoms with van der Waals surface area (Å²) < 4.78 is 32.4. The van der Waals surface area contributed by atoms with E-state index in [-0.39, 0.29) is 29.7 Å². The number of carbonyl (C=O) groups is 1. The number of pyridine rings is 1. The predicted octanol–water partition coefficient (Wildman–Crippen LogP) is 4.75. The molecular weight excluding hydrogens is 392 g/mol. The Balaban J connectivity index is 1.42. The summed E-state index contributed by atoms with van der Waals surface area (Å²) in [5.74, 6) is 1.41. The van der Waals surface area contributed by atoms with Gasteiger partial charge in [-0.05, 0) is 56.6 Å². The predicted molar refractivity (Wildman–Crippen MR) is 106 cm³/mol. The number of nitrogens with zero attached hydrogens (tertiary/aromatic N) is 2. The molecule has 2 saturated carbocycles. The number of H-pyrrole nitrogens is 1. The van der Waals surface area contributed by atoms with Crippen molar-refractivity contribution in [3.63, 3.8) is 0 Å². The lowest BCUT2D eigenvalue weighted by Gasteiger charge is -2.35. The van der Waals surface area contributed by atoms with E-state index in [1.165, 1.54) is 6.07 Å². The first-order chi connectivity index (χ1) is 14.5. The van der Waals surface area contributed by atoms with E-state index in [1.807, 2.05) is 12.1 Å². The topological polar surface area (TPSA) is 91.9 Å². The first-order valence-corrected chi connectivity index (χ1v) is 10.6. The van der Waals surface area contributed by atoms with Gasteiger partial charge >= 0.3 is 6.09 Å². The van der Waals surface area contributed by atoms with Crippen molar-refractivity contribution >= 4 is 17.6 Å². The Morgan fingerprint density at radius 3 is 2.77 bits per heavy atom. The summed E-state index contributed by atoms with van der Waals surface area (Å²) >= 11 is 0. The van der Waals surface area contributed by atoms with Crippen molar-refractivity contribution in [1.82, 2.24) is 20.5 Å². The van der Waals surface area contributed by atoms with E-state index < -0.39 is 6.43 Å². The van der Waals surface area contributed by atoms with E-state index >= 15 is 0 Å². The van der Waals surface area contributed by atoms with Gasteiger partial charge in [0.15, 0.2) is 5.82 Å². The highest BCUT2D eigenvalue weighted by Gasteiger charge is 2.33. The lowest BCUT2D eigenvalue weighted by Crippen LogP contribution is -2.32. The number of nitrogens with one attached hydrogen (secondary N) is 3. The van der Waals surface area contributed by atoms with E-state index in [2.05, 4.69) is 25.8 Å². The normalized spacial score (nSPS) is 28.6. The monoisotopic (exact) mass is 417 g/mol. The quantitative estimate of drug-likeness (QED) is 0.623. The number of anilines is 2. The van der Waals surface area contributed by atoms with Gasteiger partial charge in [-0.15, -0.1) is 0 Å². The Hall–Kier alpha value is -2.71. The molecule has 6 rings (SSSR count). The molecule has 30 heavy (non-hydrogen) atoms. The molecule has 0 aromatic carbocycles. The summed E-state index contributed by atoms with van der Waals surface area (Å²) in [4.78, 5) is 16.3. The fourth-order valence-electron chi connectivity index (χ4n) is 4.84. The average molecular weight is 417 g/mol. The average Bonchev–Trinajstić information content (AvgIpc) is 3.32. The van der Waals surface area contributed by atoms with Crippen LogP contribution >= 0.6 is 0 Å². The lowest BCUT2D eigenvalue weighted by atomic mass is 9.71. The molecule has 160 valence electrons. The van der Waals surface area contributed by atoms with Crippen molar-refractivity contribution in [3.8, 4) is 0 Å². The molecule has 4 aliphatic rings. The molecule has 0 unspecified atom stereocenters. The number of fused-ring (bicyclic) bond motifs is 4. The minimum absolute atomic E-state index is 0.0990. The van der Waals surface area contributed by atoms with Crippen molar-refractivity contribution in [2.45, 2.75) is 62.9 Å². The molecule has 8 bridgehead atoms. The number of aromatic amines is 1. The van der Waals surface area contributed by atoms with Crippen LogP contribution in [-0.2, 0) is 4.74 Å². The van der Waals surface area contributed by atoms with Crippen LogP contribution in [0.1, 0.15) is 73.9 Å². The summed E-state index contributed by atoms with van der Waals surface area (Å²) in [6.07, 6.45) is 1.99. The first-order valence-electron chi connectivity index (χ1n) is 10.6. The molecule has 0 radical (unpaired) electrons. The third kappa shape index (κ3) is 3.97. The number of hydrogen-bond acceptors (Lipinski definition) is 5. The molecule has 2 aromatic rings. The summed E-state index contributed by atoms with van der Waals surface area (Å²) in [6, 6.07) is 5.15. The van der Waals surface area contributed by atoms with Gasteiger partial charge < -0.3 is 15.4 Å². The molecule has 7 nitrogen and oxygen atoms in total. The van der Waals surface area contributed by atoms with Gasteiger partial charge in [-0.25, -0.2) is 13.6 Å². The van der Waals surface area contributed by atoms with Gasteiger partial charge in [0.1, 0.15) is 11.8 Å². The highest BCUT2D eigenvalue weighted by atomic mass is 19.3. The van der Waals surface area contributed by atoms with E-state index in [9.17, 15) is 13.6 Å². The Bertz CT molecular complexity index is 928. The zero-order chi connectivity index (χ0) is 20.7. The van der Waals surface area contributed by atoms with Crippen molar-refractivity contribution in [1.29, 1.82) is 0 Å². The number of ether oxygens (including phenoxy) is 1. The van der Waals surface area contributed by atoms with Gasteiger partial charge in [0.2, 0.25) is 0 Å². The Morgan fingerprint density at radius 1 is 1.07 bits per heavy atom. The van der Waals surface area contributed by atoms with Gasteiger partial charge in [0.05, 0.1) is 0 Å². The number of rotatable bonds is 1. The molecule has 2 atom stereocenters. The second-order valence-corrected chi connectivity index (χ2v) is 8.63. The third-order valence-corrected chi connectivity index (χ3v) is 6.53. The van der Waals surface area contributed by atoms with Crippen molar-refractivity contribution in [2.24, 2.45) is 5.92 Å². The minimum atomic E-state index is -2.63. The van der Waals surface area contributed by atoms with E-state index in [4.69, 9.17) is 4.74 Å². The Morgan fingerprint density at radius 2 is 1.93 bits per heavy atom. The van der Waals surface area contributed by atoms with Crippen molar-refractivity contribution in [2.75, 3.05) is 11.9 Å². The van der Waals surface area contributed by atoms with Crippen LogP contribution in [0.15, 0.2) is 18.2 Å². The smallest absolute Gasteiger partial charge is 0.407 e. The highest BCUT2D eigenvalue weighted by molar-refractivity contribution is 5.67. The molecule has 0 spiro atoms. The molecular formula is C21H25F2N5O2.